The summed E-state index contributed by atoms with van der Waals surface area (Å²) in [5.74, 6) is -0.997. The van der Waals surface area contributed by atoms with E-state index in [1.165, 1.54) is 37.6 Å². The molecular weight excluding hydrogens is 404 g/mol. The van der Waals surface area contributed by atoms with Gasteiger partial charge in [-0.05, 0) is 35.9 Å². The molecule has 3 rings (SSSR count). The highest BCUT2D eigenvalue weighted by molar-refractivity contribution is 6.30. The summed E-state index contributed by atoms with van der Waals surface area (Å²) >= 11 is 5.71. The third-order valence-corrected chi connectivity index (χ3v) is 4.12. The van der Waals surface area contributed by atoms with Gasteiger partial charge in [0.15, 0.2) is 11.6 Å². The quantitative estimate of drug-likeness (QED) is 0.499. The Morgan fingerprint density at radius 3 is 2.55 bits per heavy atom. The van der Waals surface area contributed by atoms with E-state index in [-0.39, 0.29) is 35.1 Å². The van der Waals surface area contributed by atoms with Crippen LogP contribution in [0.15, 0.2) is 54.7 Å². The van der Waals surface area contributed by atoms with E-state index in [1.807, 2.05) is 0 Å². The SMILES string of the molecule is COC(=O)Cc1ccc(Oc2ccnc(COc3ccc(Cl)cc3F)c2)cc1F. The summed E-state index contributed by atoms with van der Waals surface area (Å²) in [5, 5.41) is 0.271. The molecule has 5 nitrogen and oxygen atoms in total. The smallest absolute Gasteiger partial charge is 0.310 e. The van der Waals surface area contributed by atoms with Crippen molar-refractivity contribution < 1.29 is 27.8 Å². The lowest BCUT2D eigenvalue weighted by molar-refractivity contribution is -0.139. The Balaban J connectivity index is 1.66. The van der Waals surface area contributed by atoms with Gasteiger partial charge < -0.3 is 14.2 Å². The fraction of sp³-hybridized carbons (Fsp3) is 0.143. The summed E-state index contributed by atoms with van der Waals surface area (Å²) in [6, 6.07) is 11.5. The van der Waals surface area contributed by atoms with Crippen LogP contribution >= 0.6 is 11.6 Å². The molecule has 0 aliphatic rings. The molecule has 0 spiro atoms. The second-order valence-electron chi connectivity index (χ2n) is 5.95. The zero-order valence-electron chi connectivity index (χ0n) is 15.3. The first-order valence-electron chi connectivity index (χ1n) is 8.50. The second-order valence-corrected chi connectivity index (χ2v) is 6.39. The maximum atomic E-state index is 14.1. The molecule has 0 radical (unpaired) electrons. The summed E-state index contributed by atoms with van der Waals surface area (Å²) in [7, 11) is 1.24. The number of methoxy groups -OCH3 is 1. The fourth-order valence-corrected chi connectivity index (χ4v) is 2.60. The van der Waals surface area contributed by atoms with Crippen molar-refractivity contribution in [2.75, 3.05) is 7.11 Å². The number of nitrogens with zero attached hydrogens (tertiary/aromatic N) is 1. The molecule has 0 aliphatic carbocycles. The highest BCUT2D eigenvalue weighted by Gasteiger charge is 2.11. The molecule has 1 heterocycles. The minimum atomic E-state index is -0.580. The third kappa shape index (κ3) is 5.65. The minimum absolute atomic E-state index is 0.00216. The maximum absolute atomic E-state index is 14.1. The topological polar surface area (TPSA) is 57.7 Å². The van der Waals surface area contributed by atoms with Gasteiger partial charge >= 0.3 is 5.97 Å². The summed E-state index contributed by atoms with van der Waals surface area (Å²) in [6.07, 6.45) is 1.33. The zero-order valence-corrected chi connectivity index (χ0v) is 16.1. The second kappa shape index (κ2) is 9.34. The molecule has 0 saturated carbocycles. The van der Waals surface area contributed by atoms with Crippen LogP contribution < -0.4 is 9.47 Å². The Labute approximate surface area is 170 Å². The van der Waals surface area contributed by atoms with Gasteiger partial charge in [-0.25, -0.2) is 8.78 Å². The molecule has 0 N–H and O–H groups in total. The number of halogens is 3. The van der Waals surface area contributed by atoms with Gasteiger partial charge in [-0.2, -0.15) is 0 Å². The van der Waals surface area contributed by atoms with E-state index in [9.17, 15) is 13.6 Å². The van der Waals surface area contributed by atoms with Gasteiger partial charge in [-0.3, -0.25) is 9.78 Å². The first-order valence-corrected chi connectivity index (χ1v) is 8.88. The lowest BCUT2D eigenvalue weighted by Gasteiger charge is -2.10. The number of carbonyl (C=O) groups excluding carboxylic acids is 1. The average molecular weight is 420 g/mol. The van der Waals surface area contributed by atoms with E-state index >= 15 is 0 Å². The monoisotopic (exact) mass is 419 g/mol. The number of ether oxygens (including phenoxy) is 3. The standard InChI is InChI=1S/C21H16ClF2NO4/c1-27-21(26)8-13-2-4-16(11-18(13)23)29-17-6-7-25-15(10-17)12-28-20-5-3-14(22)9-19(20)24/h2-7,9-11H,8,12H2,1H3. The Hall–Kier alpha value is -3.19. The Morgan fingerprint density at radius 2 is 1.83 bits per heavy atom. The molecule has 0 amide bonds. The number of esters is 1. The van der Waals surface area contributed by atoms with Crippen molar-refractivity contribution in [2.45, 2.75) is 13.0 Å². The number of aromatic nitrogens is 1. The zero-order chi connectivity index (χ0) is 20.8. The van der Waals surface area contributed by atoms with Gasteiger partial charge in [-0.15, -0.1) is 0 Å². The lowest BCUT2D eigenvalue weighted by atomic mass is 10.1. The summed E-state index contributed by atoms with van der Waals surface area (Å²) < 4.78 is 43.5. The van der Waals surface area contributed by atoms with Crippen LogP contribution in [0.3, 0.4) is 0 Å². The number of hydrogen-bond donors (Lipinski definition) is 0. The van der Waals surface area contributed by atoms with Crippen LogP contribution in [0.2, 0.25) is 5.02 Å². The largest absolute Gasteiger partial charge is 0.484 e. The van der Waals surface area contributed by atoms with Crippen molar-refractivity contribution in [3.63, 3.8) is 0 Å². The van der Waals surface area contributed by atoms with Crippen molar-refractivity contribution in [3.8, 4) is 17.2 Å². The van der Waals surface area contributed by atoms with Gasteiger partial charge in [0.2, 0.25) is 0 Å². The Kier molecular flexibility index (Phi) is 6.61. The van der Waals surface area contributed by atoms with E-state index in [4.69, 9.17) is 21.1 Å². The molecule has 29 heavy (non-hydrogen) atoms. The molecule has 0 fully saturated rings. The molecule has 150 valence electrons. The number of hydrogen-bond acceptors (Lipinski definition) is 5. The molecule has 0 saturated heterocycles. The van der Waals surface area contributed by atoms with Crippen molar-refractivity contribution in [2.24, 2.45) is 0 Å². The minimum Gasteiger partial charge on any atom is -0.484 e. The number of pyridine rings is 1. The highest BCUT2D eigenvalue weighted by Crippen LogP contribution is 2.25. The van der Waals surface area contributed by atoms with Crippen LogP contribution in [0.5, 0.6) is 17.2 Å². The summed E-state index contributed by atoms with van der Waals surface area (Å²) in [4.78, 5) is 15.4. The summed E-state index contributed by atoms with van der Waals surface area (Å²) in [5.41, 5.74) is 0.692. The van der Waals surface area contributed by atoms with Crippen molar-refractivity contribution in [3.05, 3.63) is 82.6 Å². The number of carbonyl (C=O) groups is 1. The van der Waals surface area contributed by atoms with Crippen LogP contribution in [0.1, 0.15) is 11.3 Å². The maximum Gasteiger partial charge on any atom is 0.310 e. The van der Waals surface area contributed by atoms with E-state index in [0.717, 1.165) is 6.07 Å². The molecule has 2 aromatic carbocycles. The predicted octanol–water partition coefficient (Wildman–Crippen LogP) is 5.10. The normalized spacial score (nSPS) is 10.5. The van der Waals surface area contributed by atoms with Gasteiger partial charge in [0.05, 0.1) is 19.2 Å². The fourth-order valence-electron chi connectivity index (χ4n) is 2.44. The first kappa shape index (κ1) is 20.5. The third-order valence-electron chi connectivity index (χ3n) is 3.88. The van der Waals surface area contributed by atoms with Gasteiger partial charge in [-0.1, -0.05) is 17.7 Å². The van der Waals surface area contributed by atoms with Crippen molar-refractivity contribution >= 4 is 17.6 Å². The van der Waals surface area contributed by atoms with Crippen LogP contribution in [-0.4, -0.2) is 18.1 Å². The Morgan fingerprint density at radius 1 is 1.03 bits per heavy atom. The average Bonchev–Trinajstić information content (AvgIpc) is 2.69. The van der Waals surface area contributed by atoms with Crippen molar-refractivity contribution in [1.29, 1.82) is 0 Å². The summed E-state index contributed by atoms with van der Waals surface area (Å²) in [6.45, 7) is 0.00216. The molecular formula is C21H16ClF2NO4. The van der Waals surface area contributed by atoms with E-state index < -0.39 is 17.6 Å². The number of benzene rings is 2. The Bertz CT molecular complexity index is 1030. The molecule has 0 bridgehead atoms. The van der Waals surface area contributed by atoms with Gasteiger partial charge in [0, 0.05) is 23.4 Å². The lowest BCUT2D eigenvalue weighted by Crippen LogP contribution is -2.06. The van der Waals surface area contributed by atoms with Crippen molar-refractivity contribution in [1.82, 2.24) is 4.98 Å². The van der Waals surface area contributed by atoms with E-state index in [0.29, 0.717) is 11.4 Å². The van der Waals surface area contributed by atoms with Crippen LogP contribution in [0.25, 0.3) is 0 Å². The van der Waals surface area contributed by atoms with Crippen LogP contribution in [0, 0.1) is 11.6 Å². The molecule has 3 aromatic rings. The van der Waals surface area contributed by atoms with Gasteiger partial charge in [0.25, 0.3) is 0 Å². The van der Waals surface area contributed by atoms with E-state index in [2.05, 4.69) is 9.72 Å². The molecule has 8 heteroatoms. The number of rotatable bonds is 7. The first-order chi connectivity index (χ1) is 13.9. The molecule has 0 unspecified atom stereocenters. The van der Waals surface area contributed by atoms with Crippen LogP contribution in [-0.2, 0) is 22.6 Å². The van der Waals surface area contributed by atoms with Crippen LogP contribution in [0.4, 0.5) is 8.78 Å². The van der Waals surface area contributed by atoms with E-state index in [1.54, 1.807) is 18.2 Å². The van der Waals surface area contributed by atoms with Gasteiger partial charge in [0.1, 0.15) is 23.9 Å². The molecule has 0 atom stereocenters. The molecule has 0 aliphatic heterocycles. The predicted molar refractivity (Wildman–Crippen MR) is 102 cm³/mol. The molecule has 1 aromatic heterocycles. The highest BCUT2D eigenvalue weighted by atomic mass is 35.5.